The van der Waals surface area contributed by atoms with E-state index in [9.17, 15) is 9.59 Å². The third-order valence-corrected chi connectivity index (χ3v) is 5.67. The molecule has 2 aromatic heterocycles. The number of methoxy groups -OCH3 is 1. The molecule has 146 valence electrons. The summed E-state index contributed by atoms with van der Waals surface area (Å²) in [6.07, 6.45) is 0.759. The summed E-state index contributed by atoms with van der Waals surface area (Å²) in [7, 11) is 1.37. The highest BCUT2D eigenvalue weighted by atomic mass is 32.1. The lowest BCUT2D eigenvalue weighted by Crippen LogP contribution is -2.24. The lowest BCUT2D eigenvalue weighted by Gasteiger charge is -2.13. The molecule has 4 aromatic rings. The van der Waals surface area contributed by atoms with Gasteiger partial charge in [-0.15, -0.1) is 11.3 Å². The fourth-order valence-electron chi connectivity index (χ4n) is 3.35. The monoisotopic (exact) mass is 404 g/mol. The van der Waals surface area contributed by atoms with Crippen LogP contribution in [-0.4, -0.2) is 22.6 Å². The molecule has 6 heteroatoms. The lowest BCUT2D eigenvalue weighted by molar-refractivity contribution is -0.140. The van der Waals surface area contributed by atoms with Crippen molar-refractivity contribution in [3.8, 4) is 22.5 Å². The van der Waals surface area contributed by atoms with Crippen LogP contribution in [0.5, 0.6) is 0 Å². The number of rotatable bonds is 6. The highest BCUT2D eigenvalue weighted by Gasteiger charge is 2.18. The zero-order valence-corrected chi connectivity index (χ0v) is 16.8. The van der Waals surface area contributed by atoms with Crippen molar-refractivity contribution in [2.75, 3.05) is 7.11 Å². The van der Waals surface area contributed by atoms with Crippen LogP contribution in [0.2, 0.25) is 0 Å². The van der Waals surface area contributed by atoms with E-state index in [1.54, 1.807) is 4.57 Å². The Morgan fingerprint density at radius 3 is 2.34 bits per heavy atom. The van der Waals surface area contributed by atoms with Crippen molar-refractivity contribution in [2.45, 2.75) is 19.4 Å². The number of ether oxygens (including phenoxy) is 1. The molecule has 2 aromatic carbocycles. The molecule has 0 fully saturated rings. The first-order valence-corrected chi connectivity index (χ1v) is 10.3. The van der Waals surface area contributed by atoms with E-state index in [4.69, 9.17) is 9.72 Å². The summed E-state index contributed by atoms with van der Waals surface area (Å²) in [5.41, 5.74) is 2.67. The molecule has 0 radical (unpaired) electrons. The molecule has 0 N–H and O–H groups in total. The number of aromatic nitrogens is 2. The van der Waals surface area contributed by atoms with Crippen LogP contribution in [0.15, 0.2) is 70.8 Å². The second-order valence-corrected chi connectivity index (χ2v) is 7.49. The normalized spacial score (nSPS) is 10.9. The SMILES string of the molecule is COC(=O)CCCn1c(-c2ccccc2)nc2scc(-c3ccccc3)c2c1=O. The maximum absolute atomic E-state index is 13.5. The minimum absolute atomic E-state index is 0.0844. The Labute approximate surface area is 172 Å². The Hall–Kier alpha value is -3.25. The topological polar surface area (TPSA) is 61.2 Å². The standard InChI is InChI=1S/C23H20N2O3S/c1-28-19(26)13-8-14-25-21(17-11-6-3-7-12-17)24-22-20(23(25)27)18(15-29-22)16-9-4-2-5-10-16/h2-7,9-12,15H,8,13-14H2,1H3. The average Bonchev–Trinajstić information content (AvgIpc) is 3.20. The van der Waals surface area contributed by atoms with E-state index in [0.29, 0.717) is 24.2 Å². The number of carbonyl (C=O) groups is 1. The number of fused-ring (bicyclic) bond motifs is 1. The van der Waals surface area contributed by atoms with Gasteiger partial charge in [0.2, 0.25) is 0 Å². The fraction of sp³-hybridized carbons (Fsp3) is 0.174. The van der Waals surface area contributed by atoms with Crippen molar-refractivity contribution < 1.29 is 9.53 Å². The molecule has 5 nitrogen and oxygen atoms in total. The molecular formula is C23H20N2O3S. The average molecular weight is 404 g/mol. The van der Waals surface area contributed by atoms with Crippen LogP contribution >= 0.6 is 11.3 Å². The number of hydrogen-bond donors (Lipinski definition) is 0. The quantitative estimate of drug-likeness (QED) is 0.435. The Morgan fingerprint density at radius 2 is 1.69 bits per heavy atom. The predicted octanol–water partition coefficient (Wildman–Crippen LogP) is 4.75. The van der Waals surface area contributed by atoms with E-state index in [1.165, 1.54) is 18.4 Å². The molecule has 0 bridgehead atoms. The Morgan fingerprint density at radius 1 is 1.03 bits per heavy atom. The molecule has 0 saturated carbocycles. The van der Waals surface area contributed by atoms with Gasteiger partial charge in [-0.3, -0.25) is 14.2 Å². The molecule has 2 heterocycles. The van der Waals surface area contributed by atoms with Crippen molar-refractivity contribution >= 4 is 27.5 Å². The van der Waals surface area contributed by atoms with Crippen molar-refractivity contribution in [1.82, 2.24) is 9.55 Å². The number of carbonyl (C=O) groups excluding carboxylic acids is 1. The third kappa shape index (κ3) is 3.84. The summed E-state index contributed by atoms with van der Waals surface area (Å²) in [5.74, 6) is 0.336. The summed E-state index contributed by atoms with van der Waals surface area (Å²) in [6.45, 7) is 0.394. The molecule has 0 unspecified atom stereocenters. The number of hydrogen-bond acceptors (Lipinski definition) is 5. The molecule has 0 amide bonds. The first-order chi connectivity index (χ1) is 14.2. The van der Waals surface area contributed by atoms with Gasteiger partial charge in [0.25, 0.3) is 5.56 Å². The highest BCUT2D eigenvalue weighted by Crippen LogP contribution is 2.32. The summed E-state index contributed by atoms with van der Waals surface area (Å²) >= 11 is 1.47. The minimum atomic E-state index is -0.283. The minimum Gasteiger partial charge on any atom is -0.469 e. The zero-order valence-electron chi connectivity index (χ0n) is 16.0. The van der Waals surface area contributed by atoms with Crippen LogP contribution in [-0.2, 0) is 16.1 Å². The fourth-order valence-corrected chi connectivity index (χ4v) is 4.29. The third-order valence-electron chi connectivity index (χ3n) is 4.80. The van der Waals surface area contributed by atoms with Crippen molar-refractivity contribution in [2.24, 2.45) is 0 Å². The molecule has 4 rings (SSSR count). The summed E-state index contributed by atoms with van der Waals surface area (Å²) in [6, 6.07) is 19.5. The second-order valence-electron chi connectivity index (χ2n) is 6.63. The first kappa shape index (κ1) is 19.1. The van der Waals surface area contributed by atoms with Crippen molar-refractivity contribution in [3.63, 3.8) is 0 Å². The summed E-state index contributed by atoms with van der Waals surface area (Å²) in [4.78, 5) is 30.6. The Kier molecular flexibility index (Phi) is 5.53. The van der Waals surface area contributed by atoms with Gasteiger partial charge in [-0.1, -0.05) is 60.7 Å². The lowest BCUT2D eigenvalue weighted by atomic mass is 10.1. The highest BCUT2D eigenvalue weighted by molar-refractivity contribution is 7.17. The van der Waals surface area contributed by atoms with Crippen LogP contribution < -0.4 is 5.56 Å². The zero-order chi connectivity index (χ0) is 20.2. The van der Waals surface area contributed by atoms with Gasteiger partial charge in [0.05, 0.1) is 12.5 Å². The van der Waals surface area contributed by atoms with E-state index in [0.717, 1.165) is 21.5 Å². The van der Waals surface area contributed by atoms with Gasteiger partial charge >= 0.3 is 5.97 Å². The van der Waals surface area contributed by atoms with E-state index in [2.05, 4.69) is 0 Å². The number of benzene rings is 2. The number of esters is 1. The van der Waals surface area contributed by atoms with Gasteiger partial charge < -0.3 is 4.74 Å². The Balaban J connectivity index is 1.87. The second kappa shape index (κ2) is 8.41. The van der Waals surface area contributed by atoms with Crippen LogP contribution in [0.4, 0.5) is 0 Å². The Bertz CT molecular complexity index is 1200. The van der Waals surface area contributed by atoms with Gasteiger partial charge in [0.15, 0.2) is 0 Å². The number of thiophene rings is 1. The maximum atomic E-state index is 13.5. The van der Waals surface area contributed by atoms with Crippen molar-refractivity contribution in [1.29, 1.82) is 0 Å². The molecule has 0 atom stereocenters. The van der Waals surface area contributed by atoms with Gasteiger partial charge in [-0.05, 0) is 12.0 Å². The van der Waals surface area contributed by atoms with Crippen molar-refractivity contribution in [3.05, 3.63) is 76.4 Å². The molecule has 0 spiro atoms. The molecule has 0 aliphatic rings. The molecule has 29 heavy (non-hydrogen) atoms. The predicted molar refractivity (Wildman–Crippen MR) is 116 cm³/mol. The van der Waals surface area contributed by atoms with Gasteiger partial charge in [0.1, 0.15) is 10.7 Å². The van der Waals surface area contributed by atoms with Crippen LogP contribution in [0.3, 0.4) is 0 Å². The van der Waals surface area contributed by atoms with E-state index >= 15 is 0 Å². The van der Waals surface area contributed by atoms with E-state index in [1.807, 2.05) is 66.0 Å². The first-order valence-electron chi connectivity index (χ1n) is 9.38. The van der Waals surface area contributed by atoms with Crippen LogP contribution in [0, 0.1) is 0 Å². The summed E-state index contributed by atoms with van der Waals surface area (Å²) in [5, 5.41) is 2.61. The molecule has 0 aliphatic carbocycles. The largest absolute Gasteiger partial charge is 0.469 e. The van der Waals surface area contributed by atoms with Gasteiger partial charge in [0, 0.05) is 29.5 Å². The molecule has 0 aliphatic heterocycles. The number of nitrogens with zero attached hydrogens (tertiary/aromatic N) is 2. The molecule has 0 saturated heterocycles. The van der Waals surface area contributed by atoms with Crippen LogP contribution in [0.1, 0.15) is 12.8 Å². The van der Waals surface area contributed by atoms with Gasteiger partial charge in [-0.25, -0.2) is 4.98 Å². The molecular weight excluding hydrogens is 384 g/mol. The van der Waals surface area contributed by atoms with E-state index in [-0.39, 0.29) is 17.9 Å². The maximum Gasteiger partial charge on any atom is 0.305 e. The smallest absolute Gasteiger partial charge is 0.305 e. The van der Waals surface area contributed by atoms with Gasteiger partial charge in [-0.2, -0.15) is 0 Å². The van der Waals surface area contributed by atoms with E-state index < -0.39 is 0 Å². The summed E-state index contributed by atoms with van der Waals surface area (Å²) < 4.78 is 6.41. The van der Waals surface area contributed by atoms with Crippen LogP contribution in [0.25, 0.3) is 32.7 Å².